The van der Waals surface area contributed by atoms with Gasteiger partial charge in [0.15, 0.2) is 23.1 Å². The van der Waals surface area contributed by atoms with Crippen LogP contribution in [-0.2, 0) is 6.42 Å². The van der Waals surface area contributed by atoms with E-state index in [0.29, 0.717) is 17.5 Å². The highest BCUT2D eigenvalue weighted by molar-refractivity contribution is 6.15. The zero-order valence-corrected chi connectivity index (χ0v) is 35.7. The maximum Gasteiger partial charge on any atom is 0.164 e. The van der Waals surface area contributed by atoms with Gasteiger partial charge in [-0.2, -0.15) is 0 Å². The minimum Gasteiger partial charge on any atom is -0.454 e. The SMILES string of the molecule is c1ccc(C2Cc3c(ccc4c5ccccc5n(-c5cccc6c5oc5cc(-c7nc(-c8ccc9ccccc9c8)nc(-c8ccc9ccccc9c8)n7)ccc56)c34)-c3ccccc32)cc1. The Morgan fingerprint density at radius 1 is 0.424 bits per heavy atom. The fraction of sp³-hybridized carbons (Fsp3) is 0.0328. The van der Waals surface area contributed by atoms with E-state index >= 15 is 0 Å². The fourth-order valence-electron chi connectivity index (χ4n) is 10.7. The van der Waals surface area contributed by atoms with Crippen molar-refractivity contribution < 1.29 is 4.42 Å². The summed E-state index contributed by atoms with van der Waals surface area (Å²) >= 11 is 0. The largest absolute Gasteiger partial charge is 0.454 e. The first-order valence-electron chi connectivity index (χ1n) is 22.6. The molecule has 0 radical (unpaired) electrons. The smallest absolute Gasteiger partial charge is 0.164 e. The van der Waals surface area contributed by atoms with Crippen molar-refractivity contribution in [1.29, 1.82) is 0 Å². The number of hydrogen-bond donors (Lipinski definition) is 0. The lowest BCUT2D eigenvalue weighted by molar-refractivity contribution is 0.666. The summed E-state index contributed by atoms with van der Waals surface area (Å²) in [6, 6.07) is 75.9. The number of furan rings is 1. The molecule has 0 spiro atoms. The van der Waals surface area contributed by atoms with Gasteiger partial charge in [-0.15, -0.1) is 0 Å². The van der Waals surface area contributed by atoms with Crippen LogP contribution in [0.5, 0.6) is 0 Å². The highest BCUT2D eigenvalue weighted by atomic mass is 16.3. The van der Waals surface area contributed by atoms with Crippen molar-refractivity contribution >= 4 is 65.3 Å². The lowest BCUT2D eigenvalue weighted by Crippen LogP contribution is -2.14. The van der Waals surface area contributed by atoms with Crippen LogP contribution in [0.15, 0.2) is 217 Å². The van der Waals surface area contributed by atoms with Gasteiger partial charge in [0.05, 0.1) is 16.7 Å². The molecular weight excluding hydrogens is 805 g/mol. The van der Waals surface area contributed by atoms with Crippen molar-refractivity contribution in [3.05, 3.63) is 229 Å². The van der Waals surface area contributed by atoms with E-state index in [4.69, 9.17) is 19.4 Å². The minimum absolute atomic E-state index is 0.228. The molecule has 0 fully saturated rings. The van der Waals surface area contributed by atoms with Gasteiger partial charge in [0, 0.05) is 44.2 Å². The van der Waals surface area contributed by atoms with Gasteiger partial charge in [0.1, 0.15) is 5.58 Å². The van der Waals surface area contributed by atoms with Crippen LogP contribution in [-0.4, -0.2) is 19.5 Å². The monoisotopic (exact) mass is 842 g/mol. The summed E-state index contributed by atoms with van der Waals surface area (Å²) in [5.74, 6) is 2.05. The van der Waals surface area contributed by atoms with Gasteiger partial charge in [0.2, 0.25) is 0 Å². The standard InChI is InChI=1S/C61H38N4O/c1-2-15-39(16-3-1)52-36-53-47(45-19-8-9-20-46(45)52)31-32-50-48-21-10-11-23-54(48)65(57(50)53)55-24-12-22-51-49-30-29-44(35-56(49)66-58(51)55)61-63-59(42-27-25-37-13-4-6-17-40(37)33-42)62-60(64-61)43-28-26-38-14-5-7-18-41(38)34-43/h1-35,52H,36H2. The van der Waals surface area contributed by atoms with Crippen LogP contribution in [0.25, 0.3) is 116 Å². The second kappa shape index (κ2) is 14.4. The van der Waals surface area contributed by atoms with E-state index in [1.165, 1.54) is 54.9 Å². The number of benzene rings is 10. The van der Waals surface area contributed by atoms with Crippen LogP contribution < -0.4 is 0 Å². The second-order valence-corrected chi connectivity index (χ2v) is 17.5. The Morgan fingerprint density at radius 2 is 1.02 bits per heavy atom. The molecule has 1 unspecified atom stereocenters. The molecule has 5 nitrogen and oxygen atoms in total. The van der Waals surface area contributed by atoms with Gasteiger partial charge in [-0.3, -0.25) is 0 Å². The highest BCUT2D eigenvalue weighted by Crippen LogP contribution is 2.48. The molecule has 1 aliphatic carbocycles. The normalized spacial score (nSPS) is 13.5. The van der Waals surface area contributed by atoms with Crippen LogP contribution in [0, 0.1) is 0 Å². The van der Waals surface area contributed by atoms with E-state index < -0.39 is 0 Å². The van der Waals surface area contributed by atoms with Crippen molar-refractivity contribution in [2.75, 3.05) is 0 Å². The Kier molecular flexibility index (Phi) is 8.04. The van der Waals surface area contributed by atoms with E-state index in [0.717, 1.165) is 67.0 Å². The van der Waals surface area contributed by atoms with E-state index in [1.54, 1.807) is 0 Å². The molecule has 0 saturated heterocycles. The molecule has 10 aromatic carbocycles. The Balaban J connectivity index is 0.961. The third-order valence-corrected chi connectivity index (χ3v) is 13.8. The van der Waals surface area contributed by atoms with Crippen LogP contribution in [0.3, 0.4) is 0 Å². The average Bonchev–Trinajstić information content (AvgIpc) is 3.94. The summed E-state index contributed by atoms with van der Waals surface area (Å²) in [5.41, 5.74) is 14.4. The van der Waals surface area contributed by atoms with Gasteiger partial charge in [-0.1, -0.05) is 176 Å². The molecule has 308 valence electrons. The summed E-state index contributed by atoms with van der Waals surface area (Å²) in [7, 11) is 0. The zero-order chi connectivity index (χ0) is 43.3. The molecule has 5 heteroatoms. The van der Waals surface area contributed by atoms with Gasteiger partial charge in [0.25, 0.3) is 0 Å². The van der Waals surface area contributed by atoms with Crippen molar-refractivity contribution in [3.63, 3.8) is 0 Å². The van der Waals surface area contributed by atoms with E-state index in [9.17, 15) is 0 Å². The number of rotatable bonds is 5. The molecule has 0 N–H and O–H groups in total. The number of nitrogens with zero attached hydrogens (tertiary/aromatic N) is 4. The van der Waals surface area contributed by atoms with Crippen LogP contribution in [0.2, 0.25) is 0 Å². The minimum atomic E-state index is 0.228. The molecule has 1 aliphatic rings. The third kappa shape index (κ3) is 5.70. The third-order valence-electron chi connectivity index (χ3n) is 13.8. The topological polar surface area (TPSA) is 56.7 Å². The van der Waals surface area contributed by atoms with E-state index in [-0.39, 0.29) is 5.92 Å². The maximum absolute atomic E-state index is 7.09. The van der Waals surface area contributed by atoms with Gasteiger partial charge in [-0.25, -0.2) is 15.0 Å². The van der Waals surface area contributed by atoms with Gasteiger partial charge >= 0.3 is 0 Å². The molecule has 0 saturated carbocycles. The lowest BCUT2D eigenvalue weighted by atomic mass is 9.75. The van der Waals surface area contributed by atoms with Gasteiger partial charge < -0.3 is 8.98 Å². The van der Waals surface area contributed by atoms with Gasteiger partial charge in [-0.05, 0) is 92.2 Å². The van der Waals surface area contributed by atoms with Crippen molar-refractivity contribution in [1.82, 2.24) is 19.5 Å². The molecule has 0 aliphatic heterocycles. The Hall–Kier alpha value is -8.67. The molecule has 3 heterocycles. The maximum atomic E-state index is 7.09. The van der Waals surface area contributed by atoms with Crippen molar-refractivity contribution in [2.45, 2.75) is 12.3 Å². The van der Waals surface area contributed by atoms with Crippen molar-refractivity contribution in [2.24, 2.45) is 0 Å². The molecule has 66 heavy (non-hydrogen) atoms. The molecule has 0 bridgehead atoms. The number of hydrogen-bond acceptors (Lipinski definition) is 4. The second-order valence-electron chi connectivity index (χ2n) is 17.5. The van der Waals surface area contributed by atoms with E-state index in [2.05, 4.69) is 217 Å². The first kappa shape index (κ1) is 36.8. The lowest BCUT2D eigenvalue weighted by Gasteiger charge is -2.29. The zero-order valence-electron chi connectivity index (χ0n) is 35.7. The number of para-hydroxylation sites is 2. The molecule has 1 atom stereocenters. The molecule has 14 rings (SSSR count). The number of aromatic nitrogens is 4. The predicted molar refractivity (Wildman–Crippen MR) is 270 cm³/mol. The molecule has 3 aromatic heterocycles. The Morgan fingerprint density at radius 3 is 1.76 bits per heavy atom. The van der Waals surface area contributed by atoms with Crippen LogP contribution >= 0.6 is 0 Å². The molecule has 13 aromatic rings. The summed E-state index contributed by atoms with van der Waals surface area (Å²) in [4.78, 5) is 15.5. The molecule has 0 amide bonds. The van der Waals surface area contributed by atoms with Crippen LogP contribution in [0.4, 0.5) is 0 Å². The molecular formula is C61H38N4O. The first-order chi connectivity index (χ1) is 32.7. The highest BCUT2D eigenvalue weighted by Gasteiger charge is 2.30. The van der Waals surface area contributed by atoms with E-state index in [1.807, 2.05) is 0 Å². The average molecular weight is 843 g/mol. The summed E-state index contributed by atoms with van der Waals surface area (Å²) in [6.45, 7) is 0. The summed E-state index contributed by atoms with van der Waals surface area (Å²) in [6.07, 6.45) is 0.887. The first-order valence-corrected chi connectivity index (χ1v) is 22.6. The summed E-state index contributed by atoms with van der Waals surface area (Å²) in [5, 5.41) is 9.16. The fourth-order valence-corrected chi connectivity index (χ4v) is 10.7. The Bertz CT molecular complexity index is 4010. The van der Waals surface area contributed by atoms with Crippen LogP contribution in [0.1, 0.15) is 22.6 Å². The summed E-state index contributed by atoms with van der Waals surface area (Å²) < 4.78 is 9.55. The predicted octanol–water partition coefficient (Wildman–Crippen LogP) is 15.5. The number of fused-ring (bicyclic) bond motifs is 12. The Labute approximate surface area is 379 Å². The van der Waals surface area contributed by atoms with Crippen molar-refractivity contribution in [3.8, 4) is 51.0 Å². The quantitative estimate of drug-likeness (QED) is 0.173.